The van der Waals surface area contributed by atoms with Crippen LogP contribution in [0.15, 0.2) is 31.7 Å². The fourth-order valence-corrected chi connectivity index (χ4v) is 7.16. The number of fused-ring (bicyclic) bond motifs is 1. The molecule has 2 aliphatic heterocycles. The van der Waals surface area contributed by atoms with E-state index < -0.39 is 5.82 Å². The highest BCUT2D eigenvalue weighted by Gasteiger charge is 2.33. The van der Waals surface area contributed by atoms with E-state index in [2.05, 4.69) is 57.7 Å². The largest absolute Gasteiger partial charge is 0.395 e. The van der Waals surface area contributed by atoms with Crippen LogP contribution in [-0.4, -0.2) is 35.5 Å². The first kappa shape index (κ1) is 22.2. The van der Waals surface area contributed by atoms with Gasteiger partial charge in [0, 0.05) is 42.3 Å². The van der Waals surface area contributed by atoms with Crippen LogP contribution in [0, 0.1) is 5.82 Å². The topological polar surface area (TPSA) is 75.3 Å². The van der Waals surface area contributed by atoms with Crippen LogP contribution >= 0.6 is 59.1 Å². The second-order valence-corrected chi connectivity index (χ2v) is 11.1. The zero-order valence-corrected chi connectivity index (χ0v) is 22.2. The van der Waals surface area contributed by atoms with E-state index in [0.717, 1.165) is 39.6 Å². The number of amides is 1. The molecule has 0 spiro atoms. The van der Waals surface area contributed by atoms with Gasteiger partial charge in [0.25, 0.3) is 5.91 Å². The number of thiazole rings is 1. The lowest BCUT2D eigenvalue weighted by Gasteiger charge is -2.28. The van der Waals surface area contributed by atoms with Crippen molar-refractivity contribution in [3.63, 3.8) is 0 Å². The lowest BCUT2D eigenvalue weighted by atomic mass is 10.1. The first-order valence-corrected chi connectivity index (χ1v) is 13.2. The van der Waals surface area contributed by atoms with Crippen LogP contribution in [0.1, 0.15) is 28.2 Å². The Morgan fingerprint density at radius 3 is 2.56 bits per heavy atom. The van der Waals surface area contributed by atoms with Crippen molar-refractivity contribution >= 4 is 82.2 Å². The third-order valence-electron chi connectivity index (χ3n) is 5.63. The molecule has 0 atom stereocenters. The SMILES string of the molecule is Nc1c(F)cc(Br)c(N2CCc3nc(-c4cnc(N5CCCC5)c(Br)c4)sc3C2=O)c1Br. The number of hydrogen-bond acceptors (Lipinski definition) is 6. The van der Waals surface area contributed by atoms with Gasteiger partial charge in [-0.2, -0.15) is 0 Å². The third-order valence-corrected chi connectivity index (χ3v) is 8.76. The Bertz CT molecular complexity index is 1240. The molecule has 0 bridgehead atoms. The van der Waals surface area contributed by atoms with Crippen LogP contribution in [0.4, 0.5) is 21.6 Å². The highest BCUT2D eigenvalue weighted by atomic mass is 79.9. The molecule has 2 N–H and O–H groups in total. The summed E-state index contributed by atoms with van der Waals surface area (Å²) in [5.74, 6) is 0.217. The second kappa shape index (κ2) is 8.66. The summed E-state index contributed by atoms with van der Waals surface area (Å²) in [6.45, 7) is 2.45. The number of carbonyl (C=O) groups excluding carboxylic acids is 1. The number of rotatable bonds is 3. The molecule has 2 aromatic heterocycles. The molecule has 1 fully saturated rings. The summed E-state index contributed by atoms with van der Waals surface area (Å²) in [6, 6.07) is 3.29. The molecule has 0 unspecified atom stereocenters. The van der Waals surface area contributed by atoms with Gasteiger partial charge in [-0.1, -0.05) is 0 Å². The molecule has 3 aromatic rings. The van der Waals surface area contributed by atoms with Crippen molar-refractivity contribution < 1.29 is 9.18 Å². The Kier molecular flexibility index (Phi) is 6.02. The number of hydrogen-bond donors (Lipinski definition) is 1. The number of halogens is 4. The maximum atomic E-state index is 14.0. The minimum absolute atomic E-state index is 0.0270. The Morgan fingerprint density at radius 1 is 1.09 bits per heavy atom. The van der Waals surface area contributed by atoms with Crippen LogP contribution < -0.4 is 15.5 Å². The summed E-state index contributed by atoms with van der Waals surface area (Å²) >= 11 is 11.7. The minimum Gasteiger partial charge on any atom is -0.395 e. The molecule has 11 heteroatoms. The van der Waals surface area contributed by atoms with Gasteiger partial charge in [-0.3, -0.25) is 4.79 Å². The zero-order valence-electron chi connectivity index (χ0n) is 16.7. The van der Waals surface area contributed by atoms with Crippen molar-refractivity contribution in [2.75, 3.05) is 35.2 Å². The van der Waals surface area contributed by atoms with E-state index in [1.54, 1.807) is 4.90 Å². The first-order chi connectivity index (χ1) is 15.3. The summed E-state index contributed by atoms with van der Waals surface area (Å²) in [5, 5.41) is 0.753. The molecule has 0 saturated carbocycles. The predicted octanol–water partition coefficient (Wildman–Crippen LogP) is 6.02. The van der Waals surface area contributed by atoms with E-state index in [9.17, 15) is 9.18 Å². The standard InChI is InChI=1S/C21H17Br3FN5OS/c22-11-8-13(25)16(26)15(24)17(11)30-6-3-14-18(21(30)31)32-20(28-14)10-7-12(23)19(27-9-10)29-4-1-2-5-29/h7-9H,1-6,26H2. The van der Waals surface area contributed by atoms with Gasteiger partial charge >= 0.3 is 0 Å². The van der Waals surface area contributed by atoms with Crippen LogP contribution in [0.5, 0.6) is 0 Å². The Balaban J connectivity index is 1.47. The number of nitrogen functional groups attached to an aromatic ring is 1. The summed E-state index contributed by atoms with van der Waals surface area (Å²) < 4.78 is 15.7. The smallest absolute Gasteiger partial charge is 0.270 e. The van der Waals surface area contributed by atoms with Crippen LogP contribution in [-0.2, 0) is 6.42 Å². The molecule has 32 heavy (non-hydrogen) atoms. The number of carbonyl (C=O) groups is 1. The van der Waals surface area contributed by atoms with E-state index in [4.69, 9.17) is 10.7 Å². The molecule has 2 aliphatic rings. The second-order valence-electron chi connectivity index (χ2n) is 7.64. The molecular weight excluding hydrogens is 629 g/mol. The summed E-state index contributed by atoms with van der Waals surface area (Å²) in [4.78, 5) is 27.2. The van der Waals surface area contributed by atoms with Gasteiger partial charge < -0.3 is 15.5 Å². The van der Waals surface area contributed by atoms with Gasteiger partial charge in [-0.15, -0.1) is 11.3 Å². The van der Waals surface area contributed by atoms with Crippen LogP contribution in [0.2, 0.25) is 0 Å². The molecule has 0 aliphatic carbocycles. The summed E-state index contributed by atoms with van der Waals surface area (Å²) in [7, 11) is 0. The molecule has 1 amide bonds. The predicted molar refractivity (Wildman–Crippen MR) is 136 cm³/mol. The minimum atomic E-state index is -0.548. The van der Waals surface area contributed by atoms with E-state index in [-0.39, 0.29) is 11.6 Å². The molecule has 4 heterocycles. The lowest BCUT2D eigenvalue weighted by molar-refractivity contribution is 0.0984. The number of nitrogens with zero attached hydrogens (tertiary/aromatic N) is 4. The van der Waals surface area contributed by atoms with E-state index in [0.29, 0.717) is 32.5 Å². The van der Waals surface area contributed by atoms with E-state index in [1.165, 1.54) is 30.2 Å². The summed E-state index contributed by atoms with van der Waals surface area (Å²) in [6.07, 6.45) is 4.77. The number of nitrogens with two attached hydrogens (primary N) is 1. The Morgan fingerprint density at radius 2 is 1.84 bits per heavy atom. The monoisotopic (exact) mass is 643 g/mol. The van der Waals surface area contributed by atoms with Gasteiger partial charge in [-0.05, 0) is 72.8 Å². The number of benzene rings is 1. The number of pyridine rings is 1. The fraction of sp³-hybridized carbons (Fsp3) is 0.286. The normalized spacial score (nSPS) is 16.1. The van der Waals surface area contributed by atoms with E-state index in [1.807, 2.05) is 12.3 Å². The van der Waals surface area contributed by atoms with Crippen LogP contribution in [0.3, 0.4) is 0 Å². The molecule has 166 valence electrons. The van der Waals surface area contributed by atoms with Gasteiger partial charge in [-0.25, -0.2) is 14.4 Å². The van der Waals surface area contributed by atoms with Crippen molar-refractivity contribution in [1.29, 1.82) is 0 Å². The zero-order chi connectivity index (χ0) is 22.6. The van der Waals surface area contributed by atoms with Gasteiger partial charge in [0.15, 0.2) is 0 Å². The van der Waals surface area contributed by atoms with Gasteiger partial charge in [0.05, 0.1) is 26.0 Å². The van der Waals surface area contributed by atoms with Crippen molar-refractivity contribution in [3.05, 3.63) is 48.1 Å². The average molecular weight is 646 g/mol. The fourth-order valence-electron chi connectivity index (χ4n) is 4.02. The maximum absolute atomic E-state index is 14.0. The number of anilines is 3. The lowest BCUT2D eigenvalue weighted by Crippen LogP contribution is -2.37. The summed E-state index contributed by atoms with van der Waals surface area (Å²) in [5.41, 5.74) is 7.98. The highest BCUT2D eigenvalue weighted by molar-refractivity contribution is 9.11. The van der Waals surface area contributed by atoms with E-state index >= 15 is 0 Å². The van der Waals surface area contributed by atoms with Crippen molar-refractivity contribution in [1.82, 2.24) is 9.97 Å². The maximum Gasteiger partial charge on any atom is 0.270 e. The molecule has 0 radical (unpaired) electrons. The van der Waals surface area contributed by atoms with Crippen molar-refractivity contribution in [3.8, 4) is 10.6 Å². The van der Waals surface area contributed by atoms with Gasteiger partial charge in [0.2, 0.25) is 0 Å². The Hall–Kier alpha value is -1.56. The molecule has 1 aromatic carbocycles. The third kappa shape index (κ3) is 3.76. The highest BCUT2D eigenvalue weighted by Crippen LogP contribution is 2.43. The molecule has 1 saturated heterocycles. The molecular formula is C21H17Br3FN5OS. The molecule has 5 rings (SSSR count). The van der Waals surface area contributed by atoms with Crippen LogP contribution in [0.25, 0.3) is 10.6 Å². The first-order valence-electron chi connectivity index (χ1n) is 10.0. The average Bonchev–Trinajstić information content (AvgIpc) is 3.44. The van der Waals surface area contributed by atoms with Crippen molar-refractivity contribution in [2.24, 2.45) is 0 Å². The Labute approximate surface area is 213 Å². The quantitative estimate of drug-likeness (QED) is 0.353. The van der Waals surface area contributed by atoms with Crippen molar-refractivity contribution in [2.45, 2.75) is 19.3 Å². The number of aromatic nitrogens is 2. The van der Waals surface area contributed by atoms with Gasteiger partial charge in [0.1, 0.15) is 21.5 Å². The molecule has 6 nitrogen and oxygen atoms in total.